The van der Waals surface area contributed by atoms with Crippen molar-refractivity contribution in [3.8, 4) is 0 Å². The van der Waals surface area contributed by atoms with E-state index in [1.54, 1.807) is 0 Å². The molecule has 0 spiro atoms. The number of aromatic nitrogens is 1. The Labute approximate surface area is 81.5 Å². The van der Waals surface area contributed by atoms with Crippen LogP contribution in [0.4, 0.5) is 0 Å². The van der Waals surface area contributed by atoms with Gasteiger partial charge >= 0.3 is 0 Å². The van der Waals surface area contributed by atoms with E-state index in [9.17, 15) is 0 Å². The van der Waals surface area contributed by atoms with E-state index in [1.807, 2.05) is 0 Å². The smallest absolute Gasteiger partial charge is 0.179 e. The van der Waals surface area contributed by atoms with Crippen molar-refractivity contribution in [2.24, 2.45) is 0 Å². The van der Waals surface area contributed by atoms with Crippen LogP contribution in [-0.2, 0) is 10.9 Å². The van der Waals surface area contributed by atoms with Gasteiger partial charge in [0.15, 0.2) is 4.90 Å². The molecule has 1 nitrogen and oxygen atoms in total. The molecule has 1 N–H and O–H groups in total. The quantitative estimate of drug-likeness (QED) is 0.669. The van der Waals surface area contributed by atoms with Crippen LogP contribution < -0.4 is 0 Å². The minimum atomic E-state index is 0.338. The lowest BCUT2D eigenvalue weighted by Crippen LogP contribution is -1.93. The Morgan fingerprint density at radius 1 is 1.23 bits per heavy atom. The van der Waals surface area contributed by atoms with Gasteiger partial charge in [-0.2, -0.15) is 0 Å². The molecular formula is C11H14NS+. The monoisotopic (exact) mass is 192 g/mol. The van der Waals surface area contributed by atoms with Gasteiger partial charge in [0.25, 0.3) is 0 Å². The molecule has 1 aromatic heterocycles. The van der Waals surface area contributed by atoms with Crippen molar-refractivity contribution < 1.29 is 0 Å². The molecule has 0 aliphatic carbocycles. The molecule has 13 heavy (non-hydrogen) atoms. The topological polar surface area (TPSA) is 15.8 Å². The summed E-state index contributed by atoms with van der Waals surface area (Å²) in [5, 5.41) is 1.38. The van der Waals surface area contributed by atoms with Gasteiger partial charge in [0.05, 0.1) is 17.1 Å². The fourth-order valence-corrected chi connectivity index (χ4v) is 2.45. The van der Waals surface area contributed by atoms with E-state index in [2.05, 4.69) is 48.8 Å². The van der Waals surface area contributed by atoms with Gasteiger partial charge in [0, 0.05) is 10.9 Å². The van der Waals surface area contributed by atoms with Crippen LogP contribution in [0.25, 0.3) is 10.9 Å². The first-order chi connectivity index (χ1) is 6.18. The zero-order valence-corrected chi connectivity index (χ0v) is 9.03. The Kier molecular flexibility index (Phi) is 2.08. The fourth-order valence-electron chi connectivity index (χ4n) is 1.55. The number of rotatable bonds is 1. The summed E-state index contributed by atoms with van der Waals surface area (Å²) in [5.74, 6) is 0. The molecule has 1 aromatic carbocycles. The highest BCUT2D eigenvalue weighted by Gasteiger charge is 2.14. The normalized spacial score (nSPS) is 11.4. The van der Waals surface area contributed by atoms with Crippen LogP contribution in [0.1, 0.15) is 5.56 Å². The van der Waals surface area contributed by atoms with Crippen molar-refractivity contribution in [1.82, 2.24) is 4.98 Å². The largest absolute Gasteiger partial charge is 0.357 e. The Bertz CT molecular complexity index is 429. The molecule has 0 radical (unpaired) electrons. The zero-order chi connectivity index (χ0) is 9.42. The summed E-state index contributed by atoms with van der Waals surface area (Å²) in [6, 6.07) is 6.56. The standard InChI is InChI=1S/C11H14NS/c1-8-4-5-10-9(6-8)11(7-12-10)13(2)3/h4-7,12H,1-3H3/q+1. The number of H-pyrrole nitrogens is 1. The summed E-state index contributed by atoms with van der Waals surface area (Å²) >= 11 is 0. The maximum Gasteiger partial charge on any atom is 0.179 e. The summed E-state index contributed by atoms with van der Waals surface area (Å²) < 4.78 is 0. The molecule has 0 amide bonds. The molecule has 68 valence electrons. The van der Waals surface area contributed by atoms with Gasteiger partial charge in [-0.1, -0.05) is 11.6 Å². The van der Waals surface area contributed by atoms with Crippen LogP contribution in [0.3, 0.4) is 0 Å². The highest BCUT2D eigenvalue weighted by molar-refractivity contribution is 7.95. The maximum absolute atomic E-state index is 3.30. The van der Waals surface area contributed by atoms with Crippen molar-refractivity contribution in [3.05, 3.63) is 30.0 Å². The van der Waals surface area contributed by atoms with Crippen LogP contribution in [0, 0.1) is 6.92 Å². The summed E-state index contributed by atoms with van der Waals surface area (Å²) in [4.78, 5) is 4.75. The molecular weight excluding hydrogens is 178 g/mol. The molecule has 0 bridgehead atoms. The zero-order valence-electron chi connectivity index (χ0n) is 8.22. The minimum Gasteiger partial charge on any atom is -0.357 e. The lowest BCUT2D eigenvalue weighted by Gasteiger charge is -1.95. The lowest BCUT2D eigenvalue weighted by molar-refractivity contribution is 1.41. The maximum atomic E-state index is 3.30. The first-order valence-electron chi connectivity index (χ1n) is 4.34. The van der Waals surface area contributed by atoms with Crippen LogP contribution in [-0.4, -0.2) is 17.5 Å². The molecule has 0 atom stereocenters. The summed E-state index contributed by atoms with van der Waals surface area (Å²) in [7, 11) is 0.338. The van der Waals surface area contributed by atoms with Crippen molar-refractivity contribution >= 4 is 21.8 Å². The number of aryl methyl sites for hydroxylation is 1. The van der Waals surface area contributed by atoms with Crippen LogP contribution in [0.2, 0.25) is 0 Å². The predicted molar refractivity (Wildman–Crippen MR) is 60.5 cm³/mol. The number of nitrogens with one attached hydrogen (secondary N) is 1. The number of fused-ring (bicyclic) bond motifs is 1. The Morgan fingerprint density at radius 3 is 2.69 bits per heavy atom. The number of benzene rings is 1. The third-order valence-electron chi connectivity index (χ3n) is 2.24. The molecule has 2 heteroatoms. The van der Waals surface area contributed by atoms with Gasteiger partial charge in [0.1, 0.15) is 12.5 Å². The van der Waals surface area contributed by atoms with Crippen molar-refractivity contribution in [1.29, 1.82) is 0 Å². The van der Waals surface area contributed by atoms with Gasteiger partial charge in [-0.25, -0.2) is 0 Å². The summed E-state index contributed by atoms with van der Waals surface area (Å²) in [6.07, 6.45) is 6.64. The Balaban J connectivity index is 2.71. The third-order valence-corrected chi connectivity index (χ3v) is 3.46. The second kappa shape index (κ2) is 3.11. The molecule has 2 rings (SSSR count). The molecule has 0 fully saturated rings. The fraction of sp³-hybridized carbons (Fsp3) is 0.273. The molecule has 0 aliphatic rings. The molecule has 0 saturated carbocycles. The van der Waals surface area contributed by atoms with E-state index in [4.69, 9.17) is 0 Å². The van der Waals surface area contributed by atoms with E-state index in [1.165, 1.54) is 21.4 Å². The second-order valence-corrected chi connectivity index (χ2v) is 5.59. The van der Waals surface area contributed by atoms with Gasteiger partial charge in [-0.15, -0.1) is 0 Å². The van der Waals surface area contributed by atoms with E-state index in [0.717, 1.165) is 0 Å². The van der Waals surface area contributed by atoms with E-state index < -0.39 is 0 Å². The third kappa shape index (κ3) is 1.46. The van der Waals surface area contributed by atoms with Gasteiger partial charge in [-0.05, 0) is 19.1 Å². The molecule has 2 aromatic rings. The minimum absolute atomic E-state index is 0.338. The SMILES string of the molecule is Cc1ccc2[nH]cc([S+](C)C)c2c1. The van der Waals surface area contributed by atoms with Gasteiger partial charge < -0.3 is 4.98 Å². The van der Waals surface area contributed by atoms with Crippen molar-refractivity contribution in [2.45, 2.75) is 11.8 Å². The van der Waals surface area contributed by atoms with Crippen LogP contribution in [0.15, 0.2) is 29.3 Å². The average Bonchev–Trinajstić information content (AvgIpc) is 2.46. The second-order valence-electron chi connectivity index (χ2n) is 3.52. The lowest BCUT2D eigenvalue weighted by atomic mass is 10.2. The average molecular weight is 192 g/mol. The van der Waals surface area contributed by atoms with Crippen molar-refractivity contribution in [3.63, 3.8) is 0 Å². The molecule has 0 unspecified atom stereocenters. The molecule has 1 heterocycles. The number of hydrogen-bond donors (Lipinski definition) is 1. The summed E-state index contributed by atoms with van der Waals surface area (Å²) in [5.41, 5.74) is 2.58. The van der Waals surface area contributed by atoms with Gasteiger partial charge in [-0.3, -0.25) is 0 Å². The molecule has 0 saturated heterocycles. The van der Waals surface area contributed by atoms with E-state index >= 15 is 0 Å². The van der Waals surface area contributed by atoms with E-state index in [-0.39, 0.29) is 0 Å². The van der Waals surface area contributed by atoms with Gasteiger partial charge in [0.2, 0.25) is 0 Å². The van der Waals surface area contributed by atoms with Crippen LogP contribution >= 0.6 is 0 Å². The summed E-state index contributed by atoms with van der Waals surface area (Å²) in [6.45, 7) is 2.14. The predicted octanol–water partition coefficient (Wildman–Crippen LogP) is 2.71. The Hall–Kier alpha value is -0.890. The number of aromatic amines is 1. The highest BCUT2D eigenvalue weighted by Crippen LogP contribution is 2.23. The first kappa shape index (κ1) is 8.70. The first-order valence-corrected chi connectivity index (χ1v) is 6.38. The Morgan fingerprint density at radius 2 is 2.00 bits per heavy atom. The van der Waals surface area contributed by atoms with E-state index in [0.29, 0.717) is 10.9 Å². The highest BCUT2D eigenvalue weighted by atomic mass is 32.2. The molecule has 0 aliphatic heterocycles. The van der Waals surface area contributed by atoms with Crippen molar-refractivity contribution in [2.75, 3.05) is 12.5 Å². The van der Waals surface area contributed by atoms with Crippen LogP contribution in [0.5, 0.6) is 0 Å². The number of hydrogen-bond acceptors (Lipinski definition) is 0.